The van der Waals surface area contributed by atoms with Crippen LogP contribution in [-0.4, -0.2) is 36.0 Å². The number of nitrogens with zero attached hydrogens (tertiary/aromatic N) is 3. The fourth-order valence-electron chi connectivity index (χ4n) is 3.15. The first kappa shape index (κ1) is 15.5. The fourth-order valence-corrected chi connectivity index (χ4v) is 3.15. The van der Waals surface area contributed by atoms with Crippen molar-refractivity contribution in [3.63, 3.8) is 0 Å². The monoisotopic (exact) mass is 308 g/mol. The van der Waals surface area contributed by atoms with E-state index in [-0.39, 0.29) is 0 Å². The van der Waals surface area contributed by atoms with Gasteiger partial charge >= 0.3 is 0 Å². The van der Waals surface area contributed by atoms with E-state index in [9.17, 15) is 0 Å². The second-order valence-corrected chi connectivity index (χ2v) is 6.01. The molecule has 0 bridgehead atoms. The molecular weight excluding hydrogens is 284 g/mol. The van der Waals surface area contributed by atoms with E-state index in [1.54, 1.807) is 0 Å². The van der Waals surface area contributed by atoms with Gasteiger partial charge in [0.25, 0.3) is 0 Å². The van der Waals surface area contributed by atoms with Crippen molar-refractivity contribution >= 4 is 5.96 Å². The predicted octanol–water partition coefficient (Wildman–Crippen LogP) is 2.95. The number of nitrogens with one attached hydrogen (secondary N) is 1. The zero-order chi connectivity index (χ0) is 16.1. The van der Waals surface area contributed by atoms with Gasteiger partial charge in [-0.1, -0.05) is 36.4 Å². The average molecular weight is 308 g/mol. The molecule has 1 aliphatic rings. The zero-order valence-electron chi connectivity index (χ0n) is 13.9. The van der Waals surface area contributed by atoms with Crippen LogP contribution in [0.15, 0.2) is 53.7 Å². The highest BCUT2D eigenvalue weighted by molar-refractivity contribution is 5.80. The molecule has 1 saturated heterocycles. The van der Waals surface area contributed by atoms with Crippen molar-refractivity contribution in [1.29, 1.82) is 0 Å². The maximum Gasteiger partial charge on any atom is 0.193 e. The smallest absolute Gasteiger partial charge is 0.193 e. The van der Waals surface area contributed by atoms with Crippen LogP contribution in [0.4, 0.5) is 0 Å². The number of aliphatic imine (C=N–C) groups is 1. The van der Waals surface area contributed by atoms with E-state index in [0.717, 1.165) is 24.7 Å². The summed E-state index contributed by atoms with van der Waals surface area (Å²) in [5, 5.41) is 3.45. The third-order valence-electron chi connectivity index (χ3n) is 4.50. The molecule has 1 aromatic heterocycles. The Hall–Kier alpha value is -2.36. The number of guanidine groups is 1. The minimum atomic E-state index is 0.589. The van der Waals surface area contributed by atoms with Crippen LogP contribution in [0, 0.1) is 6.92 Å². The molecule has 1 fully saturated rings. The van der Waals surface area contributed by atoms with Gasteiger partial charge in [-0.15, -0.1) is 0 Å². The van der Waals surface area contributed by atoms with Gasteiger partial charge in [0.15, 0.2) is 5.96 Å². The molecule has 3 rings (SSSR count). The first-order valence-corrected chi connectivity index (χ1v) is 8.19. The summed E-state index contributed by atoms with van der Waals surface area (Å²) in [6.07, 6.45) is 3.02. The first-order chi connectivity index (χ1) is 11.3. The highest BCUT2D eigenvalue weighted by Crippen LogP contribution is 2.26. The zero-order valence-corrected chi connectivity index (χ0v) is 13.9. The second-order valence-electron chi connectivity index (χ2n) is 6.01. The maximum absolute atomic E-state index is 4.45. The van der Waals surface area contributed by atoms with E-state index in [4.69, 9.17) is 0 Å². The molecule has 4 nitrogen and oxygen atoms in total. The van der Waals surface area contributed by atoms with Crippen molar-refractivity contribution in [3.05, 3.63) is 65.5 Å². The standard InChI is InChI=1S/C19H24N4/c1-15-7-6-11-21-18(15)13-22-19(20-2)23-12-10-17(14-23)16-8-4-3-5-9-16/h3-9,11,17H,10,12-14H2,1-2H3,(H,20,22). The number of hydrogen-bond acceptors (Lipinski definition) is 2. The molecule has 1 unspecified atom stereocenters. The summed E-state index contributed by atoms with van der Waals surface area (Å²) in [6, 6.07) is 14.8. The molecule has 1 aromatic carbocycles. The Labute approximate surface area is 138 Å². The van der Waals surface area contributed by atoms with Crippen molar-refractivity contribution < 1.29 is 0 Å². The molecule has 0 radical (unpaired) electrons. The van der Waals surface area contributed by atoms with E-state index in [1.165, 1.54) is 17.5 Å². The molecule has 120 valence electrons. The Morgan fingerprint density at radius 3 is 2.83 bits per heavy atom. The normalized spacial score (nSPS) is 18.3. The van der Waals surface area contributed by atoms with Crippen LogP contribution >= 0.6 is 0 Å². The van der Waals surface area contributed by atoms with Crippen LogP contribution < -0.4 is 5.32 Å². The Morgan fingerprint density at radius 2 is 2.09 bits per heavy atom. The summed E-state index contributed by atoms with van der Waals surface area (Å²) in [6.45, 7) is 4.87. The van der Waals surface area contributed by atoms with Crippen molar-refractivity contribution in [2.45, 2.75) is 25.8 Å². The van der Waals surface area contributed by atoms with Gasteiger partial charge in [-0.2, -0.15) is 0 Å². The largest absolute Gasteiger partial charge is 0.351 e. The molecule has 4 heteroatoms. The molecule has 0 spiro atoms. The minimum absolute atomic E-state index is 0.589. The fraction of sp³-hybridized carbons (Fsp3) is 0.368. The molecule has 1 aliphatic heterocycles. The number of rotatable bonds is 3. The summed E-state index contributed by atoms with van der Waals surface area (Å²) in [7, 11) is 1.85. The Bertz CT molecular complexity index is 666. The third kappa shape index (κ3) is 3.70. The Balaban J connectivity index is 1.61. The summed E-state index contributed by atoms with van der Waals surface area (Å²) < 4.78 is 0. The summed E-state index contributed by atoms with van der Waals surface area (Å²) >= 11 is 0. The van der Waals surface area contributed by atoms with Crippen LogP contribution in [0.25, 0.3) is 0 Å². The molecule has 2 aromatic rings. The quantitative estimate of drug-likeness (QED) is 0.700. The van der Waals surface area contributed by atoms with Crippen LogP contribution in [0.2, 0.25) is 0 Å². The van der Waals surface area contributed by atoms with Gasteiger partial charge in [-0.25, -0.2) is 0 Å². The topological polar surface area (TPSA) is 40.5 Å². The van der Waals surface area contributed by atoms with Gasteiger partial charge < -0.3 is 10.2 Å². The lowest BCUT2D eigenvalue weighted by Gasteiger charge is -2.22. The molecular formula is C19H24N4. The number of benzene rings is 1. The van der Waals surface area contributed by atoms with Gasteiger partial charge in [0.05, 0.1) is 12.2 Å². The molecule has 1 atom stereocenters. The second kappa shape index (κ2) is 7.27. The summed E-state index contributed by atoms with van der Waals surface area (Å²) in [4.78, 5) is 11.2. The van der Waals surface area contributed by atoms with Crippen LogP contribution in [0.1, 0.15) is 29.2 Å². The van der Waals surface area contributed by atoms with Gasteiger partial charge in [0.2, 0.25) is 0 Å². The number of hydrogen-bond donors (Lipinski definition) is 1. The van der Waals surface area contributed by atoms with E-state index in [1.807, 2.05) is 19.3 Å². The molecule has 2 heterocycles. The van der Waals surface area contributed by atoms with Crippen LogP contribution in [-0.2, 0) is 6.54 Å². The van der Waals surface area contributed by atoms with Crippen molar-refractivity contribution in [2.75, 3.05) is 20.1 Å². The Morgan fingerprint density at radius 1 is 1.26 bits per heavy atom. The number of aryl methyl sites for hydroxylation is 1. The lowest BCUT2D eigenvalue weighted by Crippen LogP contribution is -2.39. The molecule has 1 N–H and O–H groups in total. The third-order valence-corrected chi connectivity index (χ3v) is 4.50. The SMILES string of the molecule is CN=C(NCc1ncccc1C)N1CCC(c2ccccc2)C1. The van der Waals surface area contributed by atoms with E-state index < -0.39 is 0 Å². The van der Waals surface area contributed by atoms with Crippen molar-refractivity contribution in [3.8, 4) is 0 Å². The van der Waals surface area contributed by atoms with Gasteiger partial charge in [-0.3, -0.25) is 9.98 Å². The minimum Gasteiger partial charge on any atom is -0.351 e. The van der Waals surface area contributed by atoms with E-state index in [2.05, 4.69) is 63.5 Å². The summed E-state index contributed by atoms with van der Waals surface area (Å²) in [5.41, 5.74) is 3.71. The van der Waals surface area contributed by atoms with E-state index >= 15 is 0 Å². The van der Waals surface area contributed by atoms with E-state index in [0.29, 0.717) is 12.5 Å². The maximum atomic E-state index is 4.45. The Kier molecular flexibility index (Phi) is 4.91. The van der Waals surface area contributed by atoms with Crippen molar-refractivity contribution in [2.24, 2.45) is 4.99 Å². The summed E-state index contributed by atoms with van der Waals surface area (Å²) in [5.74, 6) is 1.56. The lowest BCUT2D eigenvalue weighted by atomic mass is 9.99. The van der Waals surface area contributed by atoms with Gasteiger partial charge in [0, 0.05) is 32.3 Å². The highest BCUT2D eigenvalue weighted by atomic mass is 15.3. The highest BCUT2D eigenvalue weighted by Gasteiger charge is 2.25. The van der Waals surface area contributed by atoms with Gasteiger partial charge in [-0.05, 0) is 30.5 Å². The first-order valence-electron chi connectivity index (χ1n) is 8.19. The number of likely N-dealkylation sites (tertiary alicyclic amines) is 1. The average Bonchev–Trinajstić information content (AvgIpc) is 3.08. The predicted molar refractivity (Wildman–Crippen MR) is 94.5 cm³/mol. The number of aromatic nitrogens is 1. The van der Waals surface area contributed by atoms with Crippen molar-refractivity contribution in [1.82, 2.24) is 15.2 Å². The molecule has 0 aliphatic carbocycles. The molecule has 23 heavy (non-hydrogen) atoms. The number of pyridine rings is 1. The lowest BCUT2D eigenvalue weighted by molar-refractivity contribution is 0.485. The molecule has 0 amide bonds. The molecule has 0 saturated carbocycles. The van der Waals surface area contributed by atoms with Crippen LogP contribution in [0.5, 0.6) is 0 Å². The van der Waals surface area contributed by atoms with Crippen LogP contribution in [0.3, 0.4) is 0 Å². The van der Waals surface area contributed by atoms with Gasteiger partial charge in [0.1, 0.15) is 0 Å².